The van der Waals surface area contributed by atoms with Gasteiger partial charge < -0.3 is 5.11 Å². The van der Waals surface area contributed by atoms with Gasteiger partial charge in [0.15, 0.2) is 11.6 Å². The van der Waals surface area contributed by atoms with E-state index in [2.05, 4.69) is 19.9 Å². The van der Waals surface area contributed by atoms with Crippen LogP contribution in [-0.2, 0) is 6.42 Å². The number of carboxylic acid groups (broad SMARTS) is 1. The lowest BCUT2D eigenvalue weighted by molar-refractivity contribution is 0.0694. The second-order valence-corrected chi connectivity index (χ2v) is 3.68. The summed E-state index contributed by atoms with van der Waals surface area (Å²) in [4.78, 5) is 27.3. The topological polar surface area (TPSA) is 88.9 Å². The Bertz CT molecular complexity index is 557. The summed E-state index contributed by atoms with van der Waals surface area (Å²) < 4.78 is 0. The molecule has 0 aliphatic rings. The number of carboxylic acids is 1. The number of carbonyl (C=O) groups is 1. The molecule has 6 nitrogen and oxygen atoms in total. The van der Waals surface area contributed by atoms with Crippen molar-refractivity contribution in [2.75, 3.05) is 0 Å². The van der Waals surface area contributed by atoms with Gasteiger partial charge in [-0.1, -0.05) is 13.3 Å². The summed E-state index contributed by atoms with van der Waals surface area (Å²) in [6.45, 7) is 1.96. The lowest BCUT2D eigenvalue weighted by Gasteiger charge is -2.05. The van der Waals surface area contributed by atoms with E-state index in [1.54, 1.807) is 18.5 Å². The molecule has 0 bridgehead atoms. The van der Waals surface area contributed by atoms with Crippen LogP contribution in [0.3, 0.4) is 0 Å². The Morgan fingerprint density at radius 3 is 2.56 bits per heavy atom. The number of nitrogens with zero attached hydrogens (tertiary/aromatic N) is 4. The van der Waals surface area contributed by atoms with Gasteiger partial charge in [-0.3, -0.25) is 0 Å². The molecule has 0 aromatic carbocycles. The molecule has 0 amide bonds. The first-order valence-electron chi connectivity index (χ1n) is 5.59. The van der Waals surface area contributed by atoms with Crippen LogP contribution in [0.2, 0.25) is 0 Å². The van der Waals surface area contributed by atoms with E-state index in [0.717, 1.165) is 6.42 Å². The average molecular weight is 244 g/mol. The summed E-state index contributed by atoms with van der Waals surface area (Å²) in [6, 6.07) is 1.70. The molecular formula is C12H12N4O2. The molecule has 0 spiro atoms. The fourth-order valence-electron chi connectivity index (χ4n) is 1.55. The maximum Gasteiger partial charge on any atom is 0.339 e. The molecule has 2 aromatic heterocycles. The quantitative estimate of drug-likeness (QED) is 0.878. The molecule has 0 radical (unpaired) electrons. The zero-order valence-corrected chi connectivity index (χ0v) is 9.87. The average Bonchev–Trinajstić information content (AvgIpc) is 2.40. The summed E-state index contributed by atoms with van der Waals surface area (Å²) in [5.74, 6) is -0.269. The molecule has 2 aromatic rings. The molecule has 1 N–H and O–H groups in total. The second-order valence-electron chi connectivity index (χ2n) is 3.68. The number of aryl methyl sites for hydroxylation is 1. The van der Waals surface area contributed by atoms with Crippen molar-refractivity contribution in [2.24, 2.45) is 0 Å². The molecule has 0 atom stereocenters. The molecule has 0 aliphatic heterocycles. The zero-order valence-electron chi connectivity index (χ0n) is 9.87. The number of hydrogen-bond acceptors (Lipinski definition) is 5. The Kier molecular flexibility index (Phi) is 3.57. The molecule has 2 rings (SSSR count). The van der Waals surface area contributed by atoms with Crippen molar-refractivity contribution in [2.45, 2.75) is 19.8 Å². The van der Waals surface area contributed by atoms with Crippen LogP contribution >= 0.6 is 0 Å². The van der Waals surface area contributed by atoms with Gasteiger partial charge in [-0.15, -0.1) is 0 Å². The Hall–Kier alpha value is -2.37. The highest BCUT2D eigenvalue weighted by atomic mass is 16.4. The van der Waals surface area contributed by atoms with E-state index in [1.165, 1.54) is 6.20 Å². The van der Waals surface area contributed by atoms with E-state index in [1.807, 2.05) is 6.92 Å². The summed E-state index contributed by atoms with van der Waals surface area (Å²) >= 11 is 0. The second kappa shape index (κ2) is 5.31. The molecule has 0 fully saturated rings. The first-order chi connectivity index (χ1) is 8.72. The lowest BCUT2D eigenvalue weighted by atomic mass is 10.1. The number of rotatable bonds is 4. The van der Waals surface area contributed by atoms with Gasteiger partial charge in [0.25, 0.3) is 0 Å². The van der Waals surface area contributed by atoms with Crippen molar-refractivity contribution in [1.29, 1.82) is 0 Å². The van der Waals surface area contributed by atoms with Crippen molar-refractivity contribution >= 4 is 5.97 Å². The van der Waals surface area contributed by atoms with E-state index in [9.17, 15) is 4.79 Å². The predicted octanol–water partition coefficient (Wildman–Crippen LogP) is 1.58. The third kappa shape index (κ3) is 2.48. The van der Waals surface area contributed by atoms with E-state index in [0.29, 0.717) is 23.8 Å². The van der Waals surface area contributed by atoms with Gasteiger partial charge in [0.2, 0.25) is 0 Å². The van der Waals surface area contributed by atoms with Crippen molar-refractivity contribution in [3.05, 3.63) is 35.9 Å². The van der Waals surface area contributed by atoms with Crippen LogP contribution in [0.15, 0.2) is 24.7 Å². The number of aromatic nitrogens is 4. The molecule has 0 aliphatic carbocycles. The van der Waals surface area contributed by atoms with Crippen LogP contribution in [0.1, 0.15) is 29.4 Å². The van der Waals surface area contributed by atoms with Gasteiger partial charge in [0.1, 0.15) is 0 Å². The third-order valence-corrected chi connectivity index (χ3v) is 2.35. The van der Waals surface area contributed by atoms with E-state index in [4.69, 9.17) is 5.11 Å². The third-order valence-electron chi connectivity index (χ3n) is 2.35. The molecule has 0 unspecified atom stereocenters. The van der Waals surface area contributed by atoms with Crippen LogP contribution in [0.5, 0.6) is 0 Å². The molecule has 6 heteroatoms. The van der Waals surface area contributed by atoms with Crippen molar-refractivity contribution < 1.29 is 9.90 Å². The lowest BCUT2D eigenvalue weighted by Crippen LogP contribution is -2.08. The van der Waals surface area contributed by atoms with E-state index in [-0.39, 0.29) is 5.56 Å². The Labute approximate surface area is 104 Å². The zero-order chi connectivity index (χ0) is 13.0. The van der Waals surface area contributed by atoms with Gasteiger partial charge in [0.05, 0.1) is 11.3 Å². The monoisotopic (exact) mass is 244 g/mol. The molecule has 2 heterocycles. The minimum Gasteiger partial charge on any atom is -0.478 e. The molecular weight excluding hydrogens is 232 g/mol. The molecule has 0 saturated heterocycles. The van der Waals surface area contributed by atoms with Gasteiger partial charge in [-0.05, 0) is 12.5 Å². The fraction of sp³-hybridized carbons (Fsp3) is 0.250. The maximum absolute atomic E-state index is 11.0. The number of aromatic carboxylic acids is 1. The summed E-state index contributed by atoms with van der Waals surface area (Å²) in [6.07, 6.45) is 5.90. The number of hydrogen-bond donors (Lipinski definition) is 1. The van der Waals surface area contributed by atoms with Crippen LogP contribution in [0.4, 0.5) is 0 Å². The summed E-state index contributed by atoms with van der Waals surface area (Å²) in [5.41, 5.74) is 0.652. The van der Waals surface area contributed by atoms with Crippen molar-refractivity contribution in [3.8, 4) is 11.6 Å². The van der Waals surface area contributed by atoms with Gasteiger partial charge in [0, 0.05) is 18.6 Å². The highest BCUT2D eigenvalue weighted by molar-refractivity contribution is 5.88. The van der Waals surface area contributed by atoms with Gasteiger partial charge >= 0.3 is 5.97 Å². The van der Waals surface area contributed by atoms with Gasteiger partial charge in [-0.25, -0.2) is 24.7 Å². The molecule has 0 saturated carbocycles. The van der Waals surface area contributed by atoms with Crippen molar-refractivity contribution in [3.63, 3.8) is 0 Å². The molecule has 92 valence electrons. The minimum atomic E-state index is -1.01. The maximum atomic E-state index is 11.0. The summed E-state index contributed by atoms with van der Waals surface area (Å²) in [7, 11) is 0. The normalized spacial score (nSPS) is 10.3. The van der Waals surface area contributed by atoms with Crippen LogP contribution in [0, 0.1) is 0 Å². The Balaban J connectivity index is 2.46. The minimum absolute atomic E-state index is 0.136. The van der Waals surface area contributed by atoms with Crippen LogP contribution in [0.25, 0.3) is 11.6 Å². The highest BCUT2D eigenvalue weighted by Gasteiger charge is 2.14. The van der Waals surface area contributed by atoms with E-state index >= 15 is 0 Å². The largest absolute Gasteiger partial charge is 0.478 e. The molecule has 18 heavy (non-hydrogen) atoms. The SMILES string of the molecule is CCCc1nc(-c2ncccn2)ncc1C(=O)O. The fourth-order valence-corrected chi connectivity index (χ4v) is 1.55. The Morgan fingerprint density at radius 2 is 1.94 bits per heavy atom. The van der Waals surface area contributed by atoms with Crippen molar-refractivity contribution in [1.82, 2.24) is 19.9 Å². The predicted molar refractivity (Wildman–Crippen MR) is 64.0 cm³/mol. The standard InChI is InChI=1S/C12H12N4O2/c1-2-4-9-8(12(17)18)7-15-11(16-9)10-13-5-3-6-14-10/h3,5-7H,2,4H2,1H3,(H,17,18). The first kappa shape index (κ1) is 12.1. The first-order valence-corrected chi connectivity index (χ1v) is 5.59. The van der Waals surface area contributed by atoms with Crippen LogP contribution < -0.4 is 0 Å². The highest BCUT2D eigenvalue weighted by Crippen LogP contribution is 2.13. The summed E-state index contributed by atoms with van der Waals surface area (Å²) in [5, 5.41) is 9.04. The smallest absolute Gasteiger partial charge is 0.339 e. The Morgan fingerprint density at radius 1 is 1.22 bits per heavy atom. The van der Waals surface area contributed by atoms with Crippen LogP contribution in [-0.4, -0.2) is 31.0 Å². The van der Waals surface area contributed by atoms with E-state index < -0.39 is 5.97 Å². The van der Waals surface area contributed by atoms with Gasteiger partial charge in [-0.2, -0.15) is 0 Å².